The van der Waals surface area contributed by atoms with Crippen LogP contribution in [-0.4, -0.2) is 16.1 Å². The van der Waals surface area contributed by atoms with Crippen LogP contribution in [0.25, 0.3) is 10.9 Å². The molecule has 2 rings (SSSR count). The summed E-state index contributed by atoms with van der Waals surface area (Å²) >= 11 is 0. The van der Waals surface area contributed by atoms with Crippen molar-refractivity contribution in [1.82, 2.24) is 10.2 Å². The summed E-state index contributed by atoms with van der Waals surface area (Å²) in [5.41, 5.74) is 7.14. The van der Waals surface area contributed by atoms with Crippen molar-refractivity contribution in [1.29, 1.82) is 0 Å². The standard InChI is InChI=1S/C9H10N4O/c1-5(14)11-6-2-3-7-8(4-6)12-13-9(7)10/h2-4H,1H3,(H,11,14)(H3,10,12,13). The lowest BCUT2D eigenvalue weighted by Gasteiger charge is -2.00. The van der Waals surface area contributed by atoms with E-state index in [1.807, 2.05) is 6.07 Å². The van der Waals surface area contributed by atoms with Crippen molar-refractivity contribution < 1.29 is 4.79 Å². The first-order chi connectivity index (χ1) is 6.66. The van der Waals surface area contributed by atoms with Crippen LogP contribution >= 0.6 is 0 Å². The summed E-state index contributed by atoms with van der Waals surface area (Å²) in [7, 11) is 0. The molecule has 0 atom stereocenters. The second kappa shape index (κ2) is 3.02. The molecule has 72 valence electrons. The minimum atomic E-state index is -0.100. The largest absolute Gasteiger partial charge is 0.382 e. The Morgan fingerprint density at radius 3 is 3.07 bits per heavy atom. The molecule has 0 aliphatic heterocycles. The number of aromatic nitrogens is 2. The van der Waals surface area contributed by atoms with Crippen LogP contribution in [0.4, 0.5) is 11.5 Å². The molecule has 0 saturated heterocycles. The van der Waals surface area contributed by atoms with Gasteiger partial charge >= 0.3 is 0 Å². The first kappa shape index (κ1) is 8.55. The number of nitrogen functional groups attached to an aromatic ring is 1. The van der Waals surface area contributed by atoms with Crippen LogP contribution in [0.3, 0.4) is 0 Å². The molecule has 0 radical (unpaired) electrons. The average molecular weight is 190 g/mol. The average Bonchev–Trinajstić information content (AvgIpc) is 2.46. The Bertz CT molecular complexity index is 489. The summed E-state index contributed by atoms with van der Waals surface area (Å²) in [6.07, 6.45) is 0. The van der Waals surface area contributed by atoms with E-state index in [-0.39, 0.29) is 5.91 Å². The topological polar surface area (TPSA) is 83.8 Å². The van der Waals surface area contributed by atoms with E-state index in [0.29, 0.717) is 5.82 Å². The van der Waals surface area contributed by atoms with E-state index < -0.39 is 0 Å². The quantitative estimate of drug-likeness (QED) is 0.629. The monoisotopic (exact) mass is 190 g/mol. The molecule has 14 heavy (non-hydrogen) atoms. The molecule has 0 saturated carbocycles. The van der Waals surface area contributed by atoms with Crippen molar-refractivity contribution in [2.75, 3.05) is 11.1 Å². The van der Waals surface area contributed by atoms with Crippen LogP contribution in [-0.2, 0) is 4.79 Å². The molecule has 1 aromatic carbocycles. The van der Waals surface area contributed by atoms with Gasteiger partial charge in [0.25, 0.3) is 0 Å². The SMILES string of the molecule is CC(=O)Nc1ccc2c(N)n[nH]c2c1. The van der Waals surface area contributed by atoms with E-state index in [4.69, 9.17) is 5.73 Å². The molecule has 0 fully saturated rings. The lowest BCUT2D eigenvalue weighted by Crippen LogP contribution is -2.05. The number of nitrogens with one attached hydrogen (secondary N) is 2. The lowest BCUT2D eigenvalue weighted by molar-refractivity contribution is -0.114. The van der Waals surface area contributed by atoms with Gasteiger partial charge in [-0.1, -0.05) is 0 Å². The Labute approximate surface area is 80.3 Å². The summed E-state index contributed by atoms with van der Waals surface area (Å²) < 4.78 is 0. The molecule has 0 bridgehead atoms. The van der Waals surface area contributed by atoms with Crippen LogP contribution in [0, 0.1) is 0 Å². The number of rotatable bonds is 1. The summed E-state index contributed by atoms with van der Waals surface area (Å²) in [6, 6.07) is 5.40. The van der Waals surface area contributed by atoms with E-state index in [1.165, 1.54) is 6.92 Å². The Morgan fingerprint density at radius 1 is 1.57 bits per heavy atom. The highest BCUT2D eigenvalue weighted by molar-refractivity contribution is 5.95. The number of benzene rings is 1. The van der Waals surface area contributed by atoms with Gasteiger partial charge in [-0.15, -0.1) is 0 Å². The maximum Gasteiger partial charge on any atom is 0.221 e. The van der Waals surface area contributed by atoms with Gasteiger partial charge in [0, 0.05) is 18.0 Å². The van der Waals surface area contributed by atoms with Crippen LogP contribution in [0.1, 0.15) is 6.92 Å². The molecule has 1 aromatic heterocycles. The van der Waals surface area contributed by atoms with Crippen LogP contribution in [0.15, 0.2) is 18.2 Å². The minimum absolute atomic E-state index is 0.100. The summed E-state index contributed by atoms with van der Waals surface area (Å²) in [6.45, 7) is 1.46. The molecule has 4 N–H and O–H groups in total. The Kier molecular flexibility index (Phi) is 1.85. The normalized spacial score (nSPS) is 10.4. The second-order valence-corrected chi connectivity index (χ2v) is 3.05. The fraction of sp³-hybridized carbons (Fsp3) is 0.111. The number of carbonyl (C=O) groups excluding carboxylic acids is 1. The zero-order valence-corrected chi connectivity index (χ0v) is 7.66. The third-order valence-electron chi connectivity index (χ3n) is 1.91. The third kappa shape index (κ3) is 1.39. The molecule has 5 heteroatoms. The molecule has 1 amide bonds. The first-order valence-corrected chi connectivity index (χ1v) is 4.18. The van der Waals surface area contributed by atoms with E-state index in [1.54, 1.807) is 12.1 Å². The first-order valence-electron chi connectivity index (χ1n) is 4.18. The predicted octanol–water partition coefficient (Wildman–Crippen LogP) is 1.10. The highest BCUT2D eigenvalue weighted by Gasteiger charge is 2.02. The van der Waals surface area contributed by atoms with Crippen LogP contribution in [0.2, 0.25) is 0 Å². The van der Waals surface area contributed by atoms with Gasteiger partial charge in [0.2, 0.25) is 5.91 Å². The highest BCUT2D eigenvalue weighted by atomic mass is 16.1. The van der Waals surface area contributed by atoms with Gasteiger partial charge in [0.15, 0.2) is 5.82 Å². The van der Waals surface area contributed by atoms with Gasteiger partial charge in [-0.3, -0.25) is 9.89 Å². The Hall–Kier alpha value is -2.04. The van der Waals surface area contributed by atoms with Crippen molar-refractivity contribution in [3.05, 3.63) is 18.2 Å². The molecule has 2 aromatic rings. The zero-order valence-electron chi connectivity index (χ0n) is 7.66. The number of nitrogens with two attached hydrogens (primary N) is 1. The van der Waals surface area contributed by atoms with Gasteiger partial charge in [-0.05, 0) is 18.2 Å². The number of amides is 1. The molecular weight excluding hydrogens is 180 g/mol. The lowest BCUT2D eigenvalue weighted by atomic mass is 10.2. The number of aromatic amines is 1. The van der Waals surface area contributed by atoms with Crippen LogP contribution < -0.4 is 11.1 Å². The molecule has 5 nitrogen and oxygen atoms in total. The van der Waals surface area contributed by atoms with Crippen molar-refractivity contribution in [2.45, 2.75) is 6.92 Å². The number of H-pyrrole nitrogens is 1. The summed E-state index contributed by atoms with van der Waals surface area (Å²) in [5, 5.41) is 10.2. The van der Waals surface area contributed by atoms with Crippen molar-refractivity contribution >= 4 is 28.3 Å². The fourth-order valence-corrected chi connectivity index (χ4v) is 1.32. The van der Waals surface area contributed by atoms with Crippen molar-refractivity contribution in [3.8, 4) is 0 Å². The highest BCUT2D eigenvalue weighted by Crippen LogP contribution is 2.21. The predicted molar refractivity (Wildman–Crippen MR) is 54.8 cm³/mol. The van der Waals surface area contributed by atoms with E-state index in [2.05, 4.69) is 15.5 Å². The van der Waals surface area contributed by atoms with Gasteiger partial charge in [-0.25, -0.2) is 0 Å². The number of fused-ring (bicyclic) bond motifs is 1. The number of hydrogen-bond acceptors (Lipinski definition) is 3. The number of hydrogen-bond donors (Lipinski definition) is 3. The minimum Gasteiger partial charge on any atom is -0.382 e. The van der Waals surface area contributed by atoms with Gasteiger partial charge in [0.05, 0.1) is 5.52 Å². The second-order valence-electron chi connectivity index (χ2n) is 3.05. The third-order valence-corrected chi connectivity index (χ3v) is 1.91. The van der Waals surface area contributed by atoms with E-state index in [0.717, 1.165) is 16.6 Å². The summed E-state index contributed by atoms with van der Waals surface area (Å²) in [5.74, 6) is 0.367. The van der Waals surface area contributed by atoms with Gasteiger partial charge in [0.1, 0.15) is 0 Å². The van der Waals surface area contributed by atoms with Gasteiger partial charge in [-0.2, -0.15) is 5.10 Å². The maximum absolute atomic E-state index is 10.8. The maximum atomic E-state index is 10.8. The van der Waals surface area contributed by atoms with Crippen molar-refractivity contribution in [2.24, 2.45) is 0 Å². The molecule has 1 heterocycles. The zero-order chi connectivity index (χ0) is 10.1. The molecule has 0 aliphatic rings. The molecule has 0 unspecified atom stereocenters. The van der Waals surface area contributed by atoms with Crippen molar-refractivity contribution in [3.63, 3.8) is 0 Å². The number of nitrogens with zero attached hydrogens (tertiary/aromatic N) is 1. The van der Waals surface area contributed by atoms with Gasteiger partial charge < -0.3 is 11.1 Å². The summed E-state index contributed by atoms with van der Waals surface area (Å²) in [4.78, 5) is 10.8. The molecule has 0 aliphatic carbocycles. The Balaban J connectivity index is 2.46. The number of anilines is 2. The van der Waals surface area contributed by atoms with E-state index in [9.17, 15) is 4.79 Å². The smallest absolute Gasteiger partial charge is 0.221 e. The molecular formula is C9H10N4O. The molecule has 0 spiro atoms. The fourth-order valence-electron chi connectivity index (χ4n) is 1.32. The Morgan fingerprint density at radius 2 is 2.36 bits per heavy atom. The number of carbonyl (C=O) groups is 1. The van der Waals surface area contributed by atoms with Crippen LogP contribution in [0.5, 0.6) is 0 Å². The van der Waals surface area contributed by atoms with E-state index >= 15 is 0 Å².